The molecule has 1 aliphatic heterocycles. The Morgan fingerprint density at radius 2 is 2.23 bits per heavy atom. The van der Waals surface area contributed by atoms with Crippen molar-refractivity contribution in [2.75, 3.05) is 25.1 Å². The molecule has 1 fully saturated rings. The van der Waals surface area contributed by atoms with E-state index in [2.05, 4.69) is 12.2 Å². The lowest BCUT2D eigenvalue weighted by Crippen LogP contribution is -2.33. The fraction of sp³-hybridized carbons (Fsp3) is 0.529. The van der Waals surface area contributed by atoms with Crippen molar-refractivity contribution in [1.82, 2.24) is 5.32 Å². The van der Waals surface area contributed by atoms with Gasteiger partial charge in [-0.15, -0.1) is 0 Å². The van der Waals surface area contributed by atoms with Crippen LogP contribution in [0.15, 0.2) is 24.3 Å². The smallest absolute Gasteiger partial charge is 0.227 e. The second-order valence-electron chi connectivity index (χ2n) is 5.61. The maximum Gasteiger partial charge on any atom is 0.227 e. The van der Waals surface area contributed by atoms with E-state index in [1.807, 2.05) is 24.3 Å². The number of ether oxygens (including phenoxy) is 1. The van der Waals surface area contributed by atoms with Crippen LogP contribution in [0.5, 0.6) is 5.75 Å². The summed E-state index contributed by atoms with van der Waals surface area (Å²) in [6.45, 7) is 3.26. The summed E-state index contributed by atoms with van der Waals surface area (Å²) < 4.78 is 5.18. The standard InChI is InChI=1S/C17H24N2O3/c1-3-4-5-9-18-17(21)13-10-16(20)19(12-13)14-7-6-8-15(11-14)22-2/h6-8,11,13H,3-5,9-10,12H2,1-2H3,(H,18,21)/t13-/m1/s1. The molecule has 0 aliphatic carbocycles. The number of nitrogens with zero attached hydrogens (tertiary/aromatic N) is 1. The van der Waals surface area contributed by atoms with E-state index in [1.54, 1.807) is 12.0 Å². The van der Waals surface area contributed by atoms with E-state index >= 15 is 0 Å². The molecule has 0 saturated carbocycles. The number of amides is 2. The summed E-state index contributed by atoms with van der Waals surface area (Å²) in [5, 5.41) is 2.93. The maximum absolute atomic E-state index is 12.2. The molecule has 1 aliphatic rings. The number of carbonyl (C=O) groups excluding carboxylic acids is 2. The predicted octanol–water partition coefficient (Wildman–Crippen LogP) is 2.35. The van der Waals surface area contributed by atoms with Crippen LogP contribution in [-0.2, 0) is 9.59 Å². The summed E-state index contributed by atoms with van der Waals surface area (Å²) >= 11 is 0. The highest BCUT2D eigenvalue weighted by atomic mass is 16.5. The average Bonchev–Trinajstić information content (AvgIpc) is 2.93. The number of carbonyl (C=O) groups is 2. The van der Waals surface area contributed by atoms with E-state index in [9.17, 15) is 9.59 Å². The van der Waals surface area contributed by atoms with Crippen LogP contribution in [0.1, 0.15) is 32.6 Å². The minimum Gasteiger partial charge on any atom is -0.497 e. The number of hydrogen-bond donors (Lipinski definition) is 1. The van der Waals surface area contributed by atoms with Gasteiger partial charge in [0.25, 0.3) is 0 Å². The molecule has 1 aromatic rings. The first-order valence-electron chi connectivity index (χ1n) is 7.87. The molecule has 0 aromatic heterocycles. The van der Waals surface area contributed by atoms with Crippen LogP contribution in [0.3, 0.4) is 0 Å². The first-order valence-corrected chi connectivity index (χ1v) is 7.87. The lowest BCUT2D eigenvalue weighted by Gasteiger charge is -2.17. The molecule has 2 rings (SSSR count). The van der Waals surface area contributed by atoms with Crippen molar-refractivity contribution in [3.05, 3.63) is 24.3 Å². The quantitative estimate of drug-likeness (QED) is 0.787. The summed E-state index contributed by atoms with van der Waals surface area (Å²) in [7, 11) is 1.59. The van der Waals surface area contributed by atoms with Crippen molar-refractivity contribution < 1.29 is 14.3 Å². The highest BCUT2D eigenvalue weighted by Crippen LogP contribution is 2.27. The van der Waals surface area contributed by atoms with Crippen molar-refractivity contribution in [3.63, 3.8) is 0 Å². The van der Waals surface area contributed by atoms with Gasteiger partial charge in [0, 0.05) is 31.3 Å². The molecular formula is C17H24N2O3. The largest absolute Gasteiger partial charge is 0.497 e. The summed E-state index contributed by atoms with van der Waals surface area (Å²) in [6, 6.07) is 7.36. The molecule has 1 saturated heterocycles. The molecule has 5 heteroatoms. The van der Waals surface area contributed by atoms with Crippen LogP contribution in [0.25, 0.3) is 0 Å². The molecule has 0 spiro atoms. The molecule has 1 atom stereocenters. The molecule has 1 N–H and O–H groups in total. The normalized spacial score (nSPS) is 17.6. The van der Waals surface area contributed by atoms with E-state index < -0.39 is 0 Å². The zero-order valence-electron chi connectivity index (χ0n) is 13.3. The molecule has 22 heavy (non-hydrogen) atoms. The van der Waals surface area contributed by atoms with Crippen LogP contribution in [0.2, 0.25) is 0 Å². The van der Waals surface area contributed by atoms with E-state index in [0.29, 0.717) is 18.8 Å². The average molecular weight is 304 g/mol. The highest BCUT2D eigenvalue weighted by Gasteiger charge is 2.35. The van der Waals surface area contributed by atoms with Crippen molar-refractivity contribution >= 4 is 17.5 Å². The Kier molecular flexibility index (Phi) is 5.81. The number of benzene rings is 1. The van der Waals surface area contributed by atoms with Gasteiger partial charge in [-0.05, 0) is 18.6 Å². The first-order chi connectivity index (χ1) is 10.7. The van der Waals surface area contributed by atoms with Gasteiger partial charge in [0.05, 0.1) is 13.0 Å². The minimum atomic E-state index is -0.264. The first kappa shape index (κ1) is 16.3. The third-order valence-electron chi connectivity index (χ3n) is 3.94. The van der Waals surface area contributed by atoms with Gasteiger partial charge in [-0.1, -0.05) is 25.8 Å². The summed E-state index contributed by atoms with van der Waals surface area (Å²) in [6.07, 6.45) is 3.50. The van der Waals surface area contributed by atoms with E-state index in [1.165, 1.54) is 0 Å². The second kappa shape index (κ2) is 7.82. The second-order valence-corrected chi connectivity index (χ2v) is 5.61. The lowest BCUT2D eigenvalue weighted by molar-refractivity contribution is -0.126. The Labute approximate surface area is 131 Å². The van der Waals surface area contributed by atoms with Crippen LogP contribution in [0.4, 0.5) is 5.69 Å². The summed E-state index contributed by atoms with van der Waals surface area (Å²) in [4.78, 5) is 26.0. The third-order valence-corrected chi connectivity index (χ3v) is 3.94. The summed E-state index contributed by atoms with van der Waals surface area (Å²) in [5.74, 6) is 0.412. The van der Waals surface area contributed by atoms with Gasteiger partial charge in [-0.25, -0.2) is 0 Å². The lowest BCUT2D eigenvalue weighted by atomic mass is 10.1. The number of hydrogen-bond acceptors (Lipinski definition) is 3. The van der Waals surface area contributed by atoms with Gasteiger partial charge < -0.3 is 15.0 Å². The number of unbranched alkanes of at least 4 members (excludes halogenated alkanes) is 2. The molecule has 1 aromatic carbocycles. The van der Waals surface area contributed by atoms with Crippen LogP contribution in [0, 0.1) is 5.92 Å². The van der Waals surface area contributed by atoms with Crippen LogP contribution in [-0.4, -0.2) is 32.0 Å². The van der Waals surface area contributed by atoms with Gasteiger partial charge in [0.15, 0.2) is 0 Å². The maximum atomic E-state index is 12.2. The Hall–Kier alpha value is -2.04. The van der Waals surface area contributed by atoms with E-state index in [0.717, 1.165) is 24.9 Å². The molecule has 120 valence electrons. The topological polar surface area (TPSA) is 58.6 Å². The number of methoxy groups -OCH3 is 1. The van der Waals surface area contributed by atoms with Crippen molar-refractivity contribution in [3.8, 4) is 5.75 Å². The van der Waals surface area contributed by atoms with Crippen molar-refractivity contribution in [1.29, 1.82) is 0 Å². The number of rotatable bonds is 7. The Bertz CT molecular complexity index is 530. The molecule has 0 unspecified atom stereocenters. The van der Waals surface area contributed by atoms with Gasteiger partial charge in [-0.2, -0.15) is 0 Å². The minimum absolute atomic E-state index is 0.0121. The predicted molar refractivity (Wildman–Crippen MR) is 86.0 cm³/mol. The molecule has 1 heterocycles. The third kappa shape index (κ3) is 4.00. The fourth-order valence-corrected chi connectivity index (χ4v) is 2.64. The van der Waals surface area contributed by atoms with E-state index in [-0.39, 0.29) is 24.2 Å². The zero-order valence-corrected chi connectivity index (χ0v) is 13.3. The SMILES string of the molecule is CCCCCNC(=O)[C@@H]1CC(=O)N(c2cccc(OC)c2)C1. The van der Waals surface area contributed by atoms with Gasteiger partial charge in [0.1, 0.15) is 5.75 Å². The van der Waals surface area contributed by atoms with Gasteiger partial charge >= 0.3 is 0 Å². The van der Waals surface area contributed by atoms with Crippen molar-refractivity contribution in [2.45, 2.75) is 32.6 Å². The number of nitrogens with one attached hydrogen (secondary N) is 1. The van der Waals surface area contributed by atoms with Crippen LogP contribution < -0.4 is 15.0 Å². The zero-order chi connectivity index (χ0) is 15.9. The van der Waals surface area contributed by atoms with Gasteiger partial charge in [-0.3, -0.25) is 9.59 Å². The molecule has 5 nitrogen and oxygen atoms in total. The van der Waals surface area contributed by atoms with Crippen molar-refractivity contribution in [2.24, 2.45) is 5.92 Å². The van der Waals surface area contributed by atoms with Crippen LogP contribution >= 0.6 is 0 Å². The highest BCUT2D eigenvalue weighted by molar-refractivity contribution is 6.00. The molecular weight excluding hydrogens is 280 g/mol. The monoisotopic (exact) mass is 304 g/mol. The Morgan fingerprint density at radius 3 is 2.95 bits per heavy atom. The van der Waals surface area contributed by atoms with E-state index in [4.69, 9.17) is 4.74 Å². The molecule has 0 radical (unpaired) electrons. The number of anilines is 1. The molecule has 0 bridgehead atoms. The molecule has 2 amide bonds. The fourth-order valence-electron chi connectivity index (χ4n) is 2.64. The Morgan fingerprint density at radius 1 is 1.41 bits per heavy atom. The van der Waals surface area contributed by atoms with Gasteiger partial charge in [0.2, 0.25) is 11.8 Å². The summed E-state index contributed by atoms with van der Waals surface area (Å²) in [5.41, 5.74) is 0.783. The Balaban J connectivity index is 1.93.